The van der Waals surface area contributed by atoms with Gasteiger partial charge in [0, 0.05) is 18.2 Å². The maximum absolute atomic E-state index is 12.9. The number of aryl methyl sites for hydroxylation is 1. The van der Waals surface area contributed by atoms with E-state index in [0.717, 1.165) is 5.56 Å². The van der Waals surface area contributed by atoms with Gasteiger partial charge in [-0.1, -0.05) is 48.3 Å². The average molecular weight is 494 g/mol. The molecule has 1 atom stereocenters. The van der Waals surface area contributed by atoms with E-state index in [9.17, 15) is 24.3 Å². The number of hydrogen-bond donors (Lipinski definition) is 3. The van der Waals surface area contributed by atoms with E-state index in [1.54, 1.807) is 12.1 Å². The Morgan fingerprint density at radius 3 is 2.18 bits per heavy atom. The predicted molar refractivity (Wildman–Crippen MR) is 128 cm³/mol. The summed E-state index contributed by atoms with van der Waals surface area (Å²) in [5, 5.41) is 14.7. The second-order valence-corrected chi connectivity index (χ2v) is 8.09. The number of aliphatic hydroxyl groups excluding tert-OH is 1. The molecule has 2 rings (SSSR count). The molecule has 0 fully saturated rings. The molecule has 0 aliphatic heterocycles. The van der Waals surface area contributed by atoms with Crippen LogP contribution in [0.5, 0.6) is 0 Å². The van der Waals surface area contributed by atoms with Crippen LogP contribution in [0, 0.1) is 0 Å². The number of aliphatic hydroxyl groups is 1. The van der Waals surface area contributed by atoms with Crippen LogP contribution in [0.2, 0.25) is 10.0 Å². The SMILES string of the molecule is CCc1ccccc1N(CC(NC(=O)c1cc(Cl)c(NC(C)=O)c(Cl)c1)C(C)=O)C(=O)CO. The molecule has 33 heavy (non-hydrogen) atoms. The molecular formula is C23H25Cl2N3O5. The summed E-state index contributed by atoms with van der Waals surface area (Å²) in [5.74, 6) is -2.02. The van der Waals surface area contributed by atoms with Crippen molar-refractivity contribution >= 4 is 58.1 Å². The quantitative estimate of drug-likeness (QED) is 0.495. The lowest BCUT2D eigenvalue weighted by atomic mass is 10.1. The average Bonchev–Trinajstić information content (AvgIpc) is 2.77. The number of hydrogen-bond acceptors (Lipinski definition) is 5. The Morgan fingerprint density at radius 1 is 1.06 bits per heavy atom. The predicted octanol–water partition coefficient (Wildman–Crippen LogP) is 3.23. The Morgan fingerprint density at radius 2 is 1.67 bits per heavy atom. The van der Waals surface area contributed by atoms with Crippen LogP contribution in [-0.4, -0.2) is 47.8 Å². The summed E-state index contributed by atoms with van der Waals surface area (Å²) >= 11 is 12.3. The summed E-state index contributed by atoms with van der Waals surface area (Å²) in [6.45, 7) is 3.57. The number of amides is 3. The summed E-state index contributed by atoms with van der Waals surface area (Å²) in [7, 11) is 0. The monoisotopic (exact) mass is 493 g/mol. The Bertz CT molecular complexity index is 1050. The van der Waals surface area contributed by atoms with Gasteiger partial charge in [0.05, 0.1) is 22.3 Å². The zero-order chi connectivity index (χ0) is 24.7. The van der Waals surface area contributed by atoms with Gasteiger partial charge in [-0.15, -0.1) is 0 Å². The molecule has 176 valence electrons. The van der Waals surface area contributed by atoms with Crippen LogP contribution in [0.4, 0.5) is 11.4 Å². The molecule has 3 N–H and O–H groups in total. The normalized spacial score (nSPS) is 11.5. The highest BCUT2D eigenvalue weighted by Gasteiger charge is 2.26. The lowest BCUT2D eigenvalue weighted by Gasteiger charge is -2.28. The van der Waals surface area contributed by atoms with E-state index in [4.69, 9.17) is 23.2 Å². The van der Waals surface area contributed by atoms with Crippen molar-refractivity contribution in [2.24, 2.45) is 0 Å². The number of Topliss-reactive ketones (excluding diaryl/α,β-unsaturated/α-hetero) is 1. The zero-order valence-electron chi connectivity index (χ0n) is 18.4. The molecule has 0 aromatic heterocycles. The van der Waals surface area contributed by atoms with Gasteiger partial charge in [-0.05, 0) is 37.1 Å². The maximum atomic E-state index is 12.9. The lowest BCUT2D eigenvalue weighted by Crippen LogP contribution is -2.50. The van der Waals surface area contributed by atoms with Crippen molar-refractivity contribution < 1.29 is 24.3 Å². The first-order valence-corrected chi connectivity index (χ1v) is 10.9. The molecule has 0 aliphatic carbocycles. The van der Waals surface area contributed by atoms with Crippen molar-refractivity contribution in [1.29, 1.82) is 0 Å². The molecule has 0 saturated carbocycles. The van der Waals surface area contributed by atoms with E-state index in [-0.39, 0.29) is 39.5 Å². The van der Waals surface area contributed by atoms with E-state index in [1.165, 1.54) is 30.9 Å². The van der Waals surface area contributed by atoms with E-state index < -0.39 is 24.5 Å². The molecule has 3 amide bonds. The van der Waals surface area contributed by atoms with Gasteiger partial charge in [-0.25, -0.2) is 0 Å². The minimum absolute atomic E-state index is 0.0520. The van der Waals surface area contributed by atoms with Gasteiger partial charge in [-0.3, -0.25) is 19.2 Å². The molecule has 8 nitrogen and oxygen atoms in total. The molecule has 10 heteroatoms. The van der Waals surface area contributed by atoms with E-state index >= 15 is 0 Å². The fourth-order valence-corrected chi connectivity index (χ4v) is 3.77. The number of carbonyl (C=O) groups is 4. The van der Waals surface area contributed by atoms with Gasteiger partial charge in [0.2, 0.25) is 5.91 Å². The summed E-state index contributed by atoms with van der Waals surface area (Å²) in [6, 6.07) is 8.69. The van der Waals surface area contributed by atoms with Crippen LogP contribution in [0.25, 0.3) is 0 Å². The van der Waals surface area contributed by atoms with Gasteiger partial charge in [0.15, 0.2) is 5.78 Å². The van der Waals surface area contributed by atoms with Gasteiger partial charge >= 0.3 is 0 Å². The molecule has 1 unspecified atom stereocenters. The number of ketones is 1. The number of anilines is 2. The Balaban J connectivity index is 2.32. The first kappa shape index (κ1) is 26.3. The van der Waals surface area contributed by atoms with E-state index in [2.05, 4.69) is 10.6 Å². The highest BCUT2D eigenvalue weighted by atomic mass is 35.5. The minimum atomic E-state index is -1.06. The molecule has 2 aromatic rings. The largest absolute Gasteiger partial charge is 0.387 e. The third kappa shape index (κ3) is 6.77. The van der Waals surface area contributed by atoms with Crippen molar-refractivity contribution in [3.8, 4) is 0 Å². The lowest BCUT2D eigenvalue weighted by molar-refractivity contribution is -0.122. The van der Waals surface area contributed by atoms with Crippen molar-refractivity contribution in [2.75, 3.05) is 23.4 Å². The molecule has 0 aliphatic rings. The number of nitrogens with one attached hydrogen (secondary N) is 2. The Hall–Kier alpha value is -2.94. The van der Waals surface area contributed by atoms with Crippen molar-refractivity contribution in [2.45, 2.75) is 33.2 Å². The summed E-state index contributed by atoms with van der Waals surface area (Å²) in [6.07, 6.45) is 0.625. The fraction of sp³-hybridized carbons (Fsp3) is 0.304. The highest BCUT2D eigenvalue weighted by molar-refractivity contribution is 6.40. The van der Waals surface area contributed by atoms with Crippen LogP contribution >= 0.6 is 23.2 Å². The number of rotatable bonds is 9. The van der Waals surface area contributed by atoms with Crippen LogP contribution < -0.4 is 15.5 Å². The number of nitrogens with zero attached hydrogens (tertiary/aromatic N) is 1. The number of para-hydroxylation sites is 1. The number of benzene rings is 2. The minimum Gasteiger partial charge on any atom is -0.387 e. The molecule has 0 saturated heterocycles. The second-order valence-electron chi connectivity index (χ2n) is 7.28. The van der Waals surface area contributed by atoms with Gasteiger partial charge < -0.3 is 20.6 Å². The van der Waals surface area contributed by atoms with E-state index in [1.807, 2.05) is 19.1 Å². The van der Waals surface area contributed by atoms with Crippen LogP contribution in [0.1, 0.15) is 36.7 Å². The second kappa shape index (κ2) is 11.8. The standard InChI is InChI=1S/C23H25Cl2N3O5/c1-4-15-7-5-6-8-20(15)28(21(32)12-29)11-19(13(2)30)27-23(33)16-9-17(24)22(18(25)10-16)26-14(3)31/h5-10,19,29H,4,11-12H2,1-3H3,(H,26,31)(H,27,33). The van der Waals surface area contributed by atoms with Gasteiger partial charge in [-0.2, -0.15) is 0 Å². The topological polar surface area (TPSA) is 116 Å². The molecule has 0 radical (unpaired) electrons. The number of carbonyl (C=O) groups excluding carboxylic acids is 4. The fourth-order valence-electron chi connectivity index (χ4n) is 3.19. The van der Waals surface area contributed by atoms with Crippen LogP contribution in [0.15, 0.2) is 36.4 Å². The molecule has 0 bridgehead atoms. The van der Waals surface area contributed by atoms with Crippen LogP contribution in [0.3, 0.4) is 0 Å². The summed E-state index contributed by atoms with van der Waals surface area (Å²) in [5.41, 5.74) is 1.63. The Labute approximate surface area is 201 Å². The smallest absolute Gasteiger partial charge is 0.252 e. The maximum Gasteiger partial charge on any atom is 0.252 e. The third-order valence-corrected chi connectivity index (χ3v) is 5.46. The van der Waals surface area contributed by atoms with Gasteiger partial charge in [0.25, 0.3) is 11.8 Å². The first-order valence-electron chi connectivity index (χ1n) is 10.2. The van der Waals surface area contributed by atoms with Crippen molar-refractivity contribution in [3.63, 3.8) is 0 Å². The third-order valence-electron chi connectivity index (χ3n) is 4.87. The van der Waals surface area contributed by atoms with E-state index in [0.29, 0.717) is 12.1 Å². The molecule has 0 heterocycles. The number of halogens is 2. The highest BCUT2D eigenvalue weighted by Crippen LogP contribution is 2.32. The molecular weight excluding hydrogens is 469 g/mol. The zero-order valence-corrected chi connectivity index (χ0v) is 20.0. The molecule has 0 spiro atoms. The summed E-state index contributed by atoms with van der Waals surface area (Å²) < 4.78 is 0. The van der Waals surface area contributed by atoms with Crippen LogP contribution in [-0.2, 0) is 20.8 Å². The summed E-state index contributed by atoms with van der Waals surface area (Å²) in [4.78, 5) is 50.3. The van der Waals surface area contributed by atoms with Crippen molar-refractivity contribution in [3.05, 3.63) is 57.6 Å². The molecule has 2 aromatic carbocycles. The van der Waals surface area contributed by atoms with Crippen molar-refractivity contribution in [1.82, 2.24) is 5.32 Å². The first-order chi connectivity index (χ1) is 15.6. The van der Waals surface area contributed by atoms with Gasteiger partial charge in [0.1, 0.15) is 12.6 Å². The Kier molecular flexibility index (Phi) is 9.40.